The number of nitrogens with zero attached hydrogens (tertiary/aromatic N) is 2. The molecule has 0 saturated heterocycles. The number of carbonyl (C=O) groups excluding carboxylic acids is 1. The van der Waals surface area contributed by atoms with Crippen LogP contribution >= 0.6 is 15.9 Å². The van der Waals surface area contributed by atoms with Gasteiger partial charge in [-0.3, -0.25) is 9.48 Å². The monoisotopic (exact) mass is 245 g/mol. The van der Waals surface area contributed by atoms with Gasteiger partial charge < -0.3 is 5.73 Å². The van der Waals surface area contributed by atoms with Crippen molar-refractivity contribution < 1.29 is 4.79 Å². The van der Waals surface area contributed by atoms with E-state index in [0.29, 0.717) is 10.2 Å². The van der Waals surface area contributed by atoms with Crippen LogP contribution in [-0.2, 0) is 0 Å². The van der Waals surface area contributed by atoms with Crippen molar-refractivity contribution in [3.63, 3.8) is 0 Å². The van der Waals surface area contributed by atoms with Crippen LogP contribution < -0.4 is 5.73 Å². The molecule has 0 amide bonds. The smallest absolute Gasteiger partial charge is 0.195 e. The summed E-state index contributed by atoms with van der Waals surface area (Å²) < 4.78 is 2.37. The largest absolute Gasteiger partial charge is 0.324 e. The molecule has 0 bridgehead atoms. The highest BCUT2D eigenvalue weighted by molar-refractivity contribution is 9.10. The summed E-state index contributed by atoms with van der Waals surface area (Å²) in [7, 11) is 0. The second-order valence-electron chi connectivity index (χ2n) is 3.01. The number of ketones is 1. The van der Waals surface area contributed by atoms with E-state index in [4.69, 9.17) is 5.73 Å². The Bertz CT molecular complexity index is 319. The molecule has 0 fully saturated rings. The zero-order valence-corrected chi connectivity index (χ0v) is 9.21. The van der Waals surface area contributed by atoms with Gasteiger partial charge in [-0.05, 0) is 29.8 Å². The minimum absolute atomic E-state index is 0.0109. The van der Waals surface area contributed by atoms with Gasteiger partial charge in [0, 0.05) is 6.04 Å². The van der Waals surface area contributed by atoms with Crippen molar-refractivity contribution in [1.29, 1.82) is 0 Å². The van der Waals surface area contributed by atoms with Crippen molar-refractivity contribution in [2.24, 2.45) is 5.73 Å². The molecule has 1 rings (SSSR count). The van der Waals surface area contributed by atoms with Crippen molar-refractivity contribution >= 4 is 21.7 Å². The molecule has 1 aromatic heterocycles. The van der Waals surface area contributed by atoms with E-state index >= 15 is 0 Å². The molecule has 1 heterocycles. The SMILES string of the molecule is CC(C)n1ncc(Br)c1C(=O)CN. The number of rotatable bonds is 3. The van der Waals surface area contributed by atoms with Crippen LogP contribution in [0.1, 0.15) is 30.4 Å². The van der Waals surface area contributed by atoms with Crippen molar-refractivity contribution in [3.05, 3.63) is 16.4 Å². The third kappa shape index (κ3) is 1.97. The molecule has 0 spiro atoms. The maximum atomic E-state index is 11.4. The van der Waals surface area contributed by atoms with Crippen molar-refractivity contribution in [3.8, 4) is 0 Å². The molecular formula is C8H12BrN3O. The molecule has 2 N–H and O–H groups in total. The fraction of sp³-hybridized carbons (Fsp3) is 0.500. The molecular weight excluding hydrogens is 234 g/mol. The van der Waals surface area contributed by atoms with Crippen LogP contribution in [0.3, 0.4) is 0 Å². The highest BCUT2D eigenvalue weighted by Crippen LogP contribution is 2.19. The predicted octanol–water partition coefficient (Wildman–Crippen LogP) is 1.37. The minimum atomic E-state index is -0.0990. The van der Waals surface area contributed by atoms with Crippen LogP contribution in [0.4, 0.5) is 0 Å². The summed E-state index contributed by atoms with van der Waals surface area (Å²) >= 11 is 3.27. The zero-order chi connectivity index (χ0) is 10.0. The Morgan fingerprint density at radius 2 is 2.38 bits per heavy atom. The van der Waals surface area contributed by atoms with E-state index in [1.807, 2.05) is 13.8 Å². The fourth-order valence-electron chi connectivity index (χ4n) is 1.09. The molecule has 0 unspecified atom stereocenters. The first-order valence-electron chi connectivity index (χ1n) is 4.04. The fourth-order valence-corrected chi connectivity index (χ4v) is 1.58. The highest BCUT2D eigenvalue weighted by Gasteiger charge is 2.16. The van der Waals surface area contributed by atoms with Gasteiger partial charge in [0.15, 0.2) is 5.78 Å². The van der Waals surface area contributed by atoms with E-state index in [-0.39, 0.29) is 18.4 Å². The van der Waals surface area contributed by atoms with Crippen LogP contribution in [0.25, 0.3) is 0 Å². The van der Waals surface area contributed by atoms with Gasteiger partial charge in [-0.2, -0.15) is 5.10 Å². The first-order chi connectivity index (χ1) is 6.07. The number of hydrogen-bond acceptors (Lipinski definition) is 3. The predicted molar refractivity (Wildman–Crippen MR) is 53.7 cm³/mol. The first-order valence-corrected chi connectivity index (χ1v) is 4.83. The Hall–Kier alpha value is -0.680. The van der Waals surface area contributed by atoms with E-state index in [0.717, 1.165) is 0 Å². The number of halogens is 1. The first kappa shape index (κ1) is 10.4. The maximum absolute atomic E-state index is 11.4. The highest BCUT2D eigenvalue weighted by atomic mass is 79.9. The normalized spacial score (nSPS) is 10.8. The zero-order valence-electron chi connectivity index (χ0n) is 7.62. The Kier molecular flexibility index (Phi) is 3.22. The molecule has 0 aromatic carbocycles. The molecule has 0 aliphatic heterocycles. The Morgan fingerprint density at radius 1 is 1.77 bits per heavy atom. The van der Waals surface area contributed by atoms with Crippen molar-refractivity contribution in [1.82, 2.24) is 9.78 Å². The summed E-state index contributed by atoms with van der Waals surface area (Å²) in [6, 6.07) is 0.164. The lowest BCUT2D eigenvalue weighted by Gasteiger charge is -2.09. The number of Topliss-reactive ketones (excluding diaryl/α,β-unsaturated/α-hetero) is 1. The molecule has 0 atom stereocenters. The number of hydrogen-bond donors (Lipinski definition) is 1. The van der Waals surface area contributed by atoms with Crippen LogP contribution in [-0.4, -0.2) is 22.1 Å². The number of aromatic nitrogens is 2. The van der Waals surface area contributed by atoms with Crippen LogP contribution in [0.5, 0.6) is 0 Å². The average molecular weight is 246 g/mol. The maximum Gasteiger partial charge on any atom is 0.195 e. The second-order valence-corrected chi connectivity index (χ2v) is 3.86. The Morgan fingerprint density at radius 3 is 2.85 bits per heavy atom. The van der Waals surface area contributed by atoms with E-state index in [1.165, 1.54) is 0 Å². The summed E-state index contributed by atoms with van der Waals surface area (Å²) in [4.78, 5) is 11.4. The topological polar surface area (TPSA) is 60.9 Å². The standard InChI is InChI=1S/C8H12BrN3O/c1-5(2)12-8(7(13)3-10)6(9)4-11-12/h4-5H,3,10H2,1-2H3. The molecule has 0 saturated carbocycles. The van der Waals surface area contributed by atoms with Gasteiger partial charge in [-0.25, -0.2) is 0 Å². The third-order valence-electron chi connectivity index (χ3n) is 1.69. The van der Waals surface area contributed by atoms with Crippen molar-refractivity contribution in [2.45, 2.75) is 19.9 Å². The lowest BCUT2D eigenvalue weighted by atomic mass is 10.2. The molecule has 1 aromatic rings. The van der Waals surface area contributed by atoms with Crippen LogP contribution in [0.15, 0.2) is 10.7 Å². The summed E-state index contributed by atoms with van der Waals surface area (Å²) in [6.45, 7) is 3.94. The lowest BCUT2D eigenvalue weighted by Crippen LogP contribution is -2.20. The summed E-state index contributed by atoms with van der Waals surface area (Å²) in [5.74, 6) is -0.0990. The van der Waals surface area contributed by atoms with E-state index in [9.17, 15) is 4.79 Å². The Labute approximate surface area is 85.2 Å². The molecule has 5 heteroatoms. The molecule has 0 aliphatic rings. The molecule has 72 valence electrons. The Balaban J connectivity index is 3.16. The van der Waals surface area contributed by atoms with E-state index in [1.54, 1.807) is 10.9 Å². The second kappa shape index (κ2) is 4.02. The molecule has 0 aliphatic carbocycles. The van der Waals surface area contributed by atoms with Gasteiger partial charge in [0.2, 0.25) is 0 Å². The molecule has 13 heavy (non-hydrogen) atoms. The van der Waals surface area contributed by atoms with Gasteiger partial charge in [-0.15, -0.1) is 0 Å². The van der Waals surface area contributed by atoms with Gasteiger partial charge in [0.25, 0.3) is 0 Å². The molecule has 0 radical (unpaired) electrons. The minimum Gasteiger partial charge on any atom is -0.324 e. The van der Waals surface area contributed by atoms with Crippen molar-refractivity contribution in [2.75, 3.05) is 6.54 Å². The number of carbonyl (C=O) groups is 1. The summed E-state index contributed by atoms with van der Waals surface area (Å²) in [6.07, 6.45) is 1.61. The number of nitrogens with two attached hydrogens (primary N) is 1. The van der Waals surface area contributed by atoms with E-state index in [2.05, 4.69) is 21.0 Å². The summed E-state index contributed by atoms with van der Waals surface area (Å²) in [5.41, 5.74) is 5.84. The van der Waals surface area contributed by atoms with Gasteiger partial charge >= 0.3 is 0 Å². The van der Waals surface area contributed by atoms with Gasteiger partial charge in [0.05, 0.1) is 17.2 Å². The van der Waals surface area contributed by atoms with Crippen LogP contribution in [0, 0.1) is 0 Å². The van der Waals surface area contributed by atoms with E-state index < -0.39 is 0 Å². The van der Waals surface area contributed by atoms with Crippen LogP contribution in [0.2, 0.25) is 0 Å². The van der Waals surface area contributed by atoms with Gasteiger partial charge in [-0.1, -0.05) is 0 Å². The summed E-state index contributed by atoms with van der Waals surface area (Å²) in [5, 5.41) is 4.08. The molecule has 4 nitrogen and oxygen atoms in total. The average Bonchev–Trinajstić information content (AvgIpc) is 2.46. The quantitative estimate of drug-likeness (QED) is 0.819. The third-order valence-corrected chi connectivity index (χ3v) is 2.27. The van der Waals surface area contributed by atoms with Gasteiger partial charge in [0.1, 0.15) is 5.69 Å². The lowest BCUT2D eigenvalue weighted by molar-refractivity contribution is 0.0988.